The predicted octanol–water partition coefficient (Wildman–Crippen LogP) is 3.36. The summed E-state index contributed by atoms with van der Waals surface area (Å²) < 4.78 is 12.5. The van der Waals surface area contributed by atoms with E-state index in [0.717, 1.165) is 39.1 Å². The van der Waals surface area contributed by atoms with Gasteiger partial charge in [0.2, 0.25) is 11.8 Å². The number of carbonyl (C=O) groups excluding carboxylic acids is 2. The molecule has 0 aliphatic heterocycles. The number of nitrogens with one attached hydrogen (secondary N) is 1. The molecule has 2 aromatic heterocycles. The number of nitrogens with zero attached hydrogens (tertiary/aromatic N) is 3. The third-order valence-electron chi connectivity index (χ3n) is 5.19. The van der Waals surface area contributed by atoms with E-state index in [9.17, 15) is 9.59 Å². The van der Waals surface area contributed by atoms with Gasteiger partial charge in [0, 0.05) is 17.4 Å². The van der Waals surface area contributed by atoms with Crippen LogP contribution < -0.4 is 10.1 Å². The van der Waals surface area contributed by atoms with E-state index in [2.05, 4.69) is 11.4 Å². The number of carbonyl (C=O) groups is 2. The number of pyridine rings is 1. The molecule has 3 rings (SSSR count). The first-order valence-electron chi connectivity index (χ1n) is 10.9. The van der Waals surface area contributed by atoms with Crippen LogP contribution in [0.2, 0.25) is 0 Å². The van der Waals surface area contributed by atoms with Crippen LogP contribution in [-0.4, -0.2) is 46.4 Å². The van der Waals surface area contributed by atoms with E-state index in [0.29, 0.717) is 18.9 Å². The quantitative estimate of drug-likeness (QED) is 0.515. The summed E-state index contributed by atoms with van der Waals surface area (Å²) in [7, 11) is 0. The summed E-state index contributed by atoms with van der Waals surface area (Å²) in [5, 5.41) is 8.29. The third-order valence-corrected chi connectivity index (χ3v) is 5.19. The molecule has 0 bridgehead atoms. The molecule has 0 atom stereocenters. The number of rotatable bonds is 9. The second-order valence-electron chi connectivity index (χ2n) is 7.57. The summed E-state index contributed by atoms with van der Waals surface area (Å²) in [5.41, 5.74) is 5.53. The molecular weight excluding hydrogens is 408 g/mol. The summed E-state index contributed by atoms with van der Waals surface area (Å²) in [6.45, 7) is 10.2. The third kappa shape index (κ3) is 5.07. The lowest BCUT2D eigenvalue weighted by Gasteiger charge is -2.14. The zero-order chi connectivity index (χ0) is 23.3. The smallest absolute Gasteiger partial charge is 0.325 e. The Bertz CT molecular complexity index is 1140. The molecule has 8 nitrogen and oxygen atoms in total. The van der Waals surface area contributed by atoms with Crippen LogP contribution in [-0.2, 0) is 20.7 Å². The maximum Gasteiger partial charge on any atom is 0.325 e. The second kappa shape index (κ2) is 10.3. The zero-order valence-corrected chi connectivity index (χ0v) is 19.3. The monoisotopic (exact) mass is 438 g/mol. The van der Waals surface area contributed by atoms with Crippen LogP contribution in [0.4, 0.5) is 0 Å². The number of esters is 1. The van der Waals surface area contributed by atoms with Crippen molar-refractivity contribution in [1.82, 2.24) is 20.1 Å². The number of aromatic nitrogens is 3. The minimum Gasteiger partial charge on any atom is -0.478 e. The Morgan fingerprint density at radius 3 is 2.59 bits per heavy atom. The number of ether oxygens (including phenoxy) is 2. The van der Waals surface area contributed by atoms with Gasteiger partial charge in [-0.3, -0.25) is 9.59 Å². The second-order valence-corrected chi connectivity index (χ2v) is 7.57. The fourth-order valence-corrected chi connectivity index (χ4v) is 3.73. The van der Waals surface area contributed by atoms with E-state index >= 15 is 0 Å². The first kappa shape index (κ1) is 23.2. The highest BCUT2D eigenvalue weighted by Crippen LogP contribution is 2.32. The van der Waals surface area contributed by atoms with Gasteiger partial charge >= 0.3 is 5.97 Å². The van der Waals surface area contributed by atoms with Crippen LogP contribution in [0.25, 0.3) is 16.7 Å². The Labute approximate surface area is 187 Å². The Balaban J connectivity index is 1.92. The van der Waals surface area contributed by atoms with Gasteiger partial charge in [-0.15, -0.1) is 0 Å². The Hall–Kier alpha value is -3.42. The van der Waals surface area contributed by atoms with Crippen molar-refractivity contribution in [2.75, 3.05) is 19.8 Å². The van der Waals surface area contributed by atoms with Crippen molar-refractivity contribution in [2.45, 2.75) is 47.5 Å². The molecule has 0 saturated carbocycles. The lowest BCUT2D eigenvalue weighted by molar-refractivity contribution is -0.143. The molecule has 0 aliphatic rings. The molecule has 2 heterocycles. The summed E-state index contributed by atoms with van der Waals surface area (Å²) in [5.74, 6) is -0.175. The number of hydrogen-bond donors (Lipinski definition) is 1. The van der Waals surface area contributed by atoms with Crippen LogP contribution in [0.15, 0.2) is 24.3 Å². The molecule has 1 amide bonds. The highest BCUT2D eigenvalue weighted by Gasteiger charge is 2.21. The van der Waals surface area contributed by atoms with Crippen molar-refractivity contribution in [1.29, 1.82) is 0 Å². The van der Waals surface area contributed by atoms with Gasteiger partial charge in [0.25, 0.3) is 0 Å². The Kier molecular flexibility index (Phi) is 7.45. The lowest BCUT2D eigenvalue weighted by Crippen LogP contribution is -2.30. The normalized spacial score (nSPS) is 10.9. The van der Waals surface area contributed by atoms with Crippen LogP contribution in [0.5, 0.6) is 5.88 Å². The molecule has 0 saturated heterocycles. The van der Waals surface area contributed by atoms with E-state index in [1.165, 1.54) is 0 Å². The molecule has 0 aliphatic carbocycles. The largest absolute Gasteiger partial charge is 0.478 e. The average molecular weight is 439 g/mol. The first-order chi connectivity index (χ1) is 15.3. The highest BCUT2D eigenvalue weighted by atomic mass is 16.5. The number of benzene rings is 1. The Morgan fingerprint density at radius 1 is 1.12 bits per heavy atom. The average Bonchev–Trinajstić information content (AvgIpc) is 3.09. The van der Waals surface area contributed by atoms with Crippen molar-refractivity contribution in [3.8, 4) is 11.6 Å². The van der Waals surface area contributed by atoms with E-state index in [-0.39, 0.29) is 25.5 Å². The molecular formula is C24H30N4O4. The summed E-state index contributed by atoms with van der Waals surface area (Å²) in [6.07, 6.45) is 0.645. The van der Waals surface area contributed by atoms with E-state index in [4.69, 9.17) is 19.6 Å². The molecule has 0 spiro atoms. The fourth-order valence-electron chi connectivity index (χ4n) is 3.73. The molecule has 1 aromatic carbocycles. The molecule has 8 heteroatoms. The van der Waals surface area contributed by atoms with Gasteiger partial charge in [0.15, 0.2) is 5.65 Å². The van der Waals surface area contributed by atoms with Crippen LogP contribution >= 0.6 is 0 Å². The van der Waals surface area contributed by atoms with Gasteiger partial charge < -0.3 is 14.8 Å². The van der Waals surface area contributed by atoms with Crippen LogP contribution in [0.1, 0.15) is 42.7 Å². The van der Waals surface area contributed by atoms with Gasteiger partial charge in [0.1, 0.15) is 6.54 Å². The molecule has 1 N–H and O–H groups in total. The maximum absolute atomic E-state index is 12.3. The van der Waals surface area contributed by atoms with Crippen LogP contribution in [0.3, 0.4) is 0 Å². The summed E-state index contributed by atoms with van der Waals surface area (Å²) in [4.78, 5) is 28.5. The van der Waals surface area contributed by atoms with Crippen molar-refractivity contribution >= 4 is 22.9 Å². The van der Waals surface area contributed by atoms with Gasteiger partial charge in [-0.25, -0.2) is 4.68 Å². The van der Waals surface area contributed by atoms with Gasteiger partial charge in [-0.1, -0.05) is 12.1 Å². The van der Waals surface area contributed by atoms with Crippen molar-refractivity contribution in [3.63, 3.8) is 0 Å². The minimum absolute atomic E-state index is 0.135. The molecule has 0 unspecified atom stereocenters. The zero-order valence-electron chi connectivity index (χ0n) is 19.3. The van der Waals surface area contributed by atoms with E-state index in [1.807, 2.05) is 50.6 Å². The minimum atomic E-state index is -0.450. The fraction of sp³-hybridized carbons (Fsp3) is 0.417. The van der Waals surface area contributed by atoms with Gasteiger partial charge in [-0.2, -0.15) is 10.1 Å². The lowest BCUT2D eigenvalue weighted by atomic mass is 10.0. The van der Waals surface area contributed by atoms with E-state index in [1.54, 1.807) is 6.92 Å². The van der Waals surface area contributed by atoms with Crippen LogP contribution in [0, 0.1) is 20.8 Å². The number of fused-ring (bicyclic) bond motifs is 1. The molecule has 3 aromatic rings. The van der Waals surface area contributed by atoms with Crippen molar-refractivity contribution in [3.05, 3.63) is 46.6 Å². The van der Waals surface area contributed by atoms with Crippen molar-refractivity contribution < 1.29 is 19.1 Å². The van der Waals surface area contributed by atoms with Gasteiger partial charge in [0.05, 0.1) is 24.6 Å². The SMILES string of the molecule is CCOC(=O)CNC(=O)CCc1c(OCC)nc2c(c(C)nn2-c2cccc(C)c2)c1C. The summed E-state index contributed by atoms with van der Waals surface area (Å²) >= 11 is 0. The molecule has 0 fully saturated rings. The molecule has 32 heavy (non-hydrogen) atoms. The molecule has 170 valence electrons. The number of hydrogen-bond acceptors (Lipinski definition) is 6. The predicted molar refractivity (Wildman–Crippen MR) is 122 cm³/mol. The highest BCUT2D eigenvalue weighted by molar-refractivity contribution is 5.86. The topological polar surface area (TPSA) is 95.3 Å². The number of amides is 1. The summed E-state index contributed by atoms with van der Waals surface area (Å²) in [6, 6.07) is 8.09. The first-order valence-corrected chi connectivity index (χ1v) is 10.9. The van der Waals surface area contributed by atoms with Gasteiger partial charge in [-0.05, 0) is 64.3 Å². The van der Waals surface area contributed by atoms with Crippen molar-refractivity contribution in [2.24, 2.45) is 0 Å². The standard InChI is InChI=1S/C24H30N4O4/c1-6-31-21(30)14-25-20(29)12-11-19-16(4)22-17(5)27-28(18-10-8-9-15(3)13-18)23(22)26-24(19)32-7-2/h8-10,13H,6-7,11-12,14H2,1-5H3,(H,25,29). The maximum atomic E-state index is 12.3. The number of aryl methyl sites for hydroxylation is 3. The van der Waals surface area contributed by atoms with E-state index < -0.39 is 5.97 Å². The molecule has 0 radical (unpaired) electrons. The Morgan fingerprint density at radius 2 is 1.91 bits per heavy atom.